The highest BCUT2D eigenvalue weighted by atomic mass is 35.5. The molecule has 0 saturated heterocycles. The number of hydrogen-bond donors (Lipinski definition) is 2. The third kappa shape index (κ3) is 3.89. The standard InChI is InChI=1S/C18H16ClF3N4O2/c1-17(2,3)13-8-14(18(20,21)22)26-15(24-13)7-11(25-26)16(28)23-10-6-9(19)4-5-12(10)27/h4-8,27H,1-3H3,(H,23,28). The highest BCUT2D eigenvalue weighted by Gasteiger charge is 2.36. The average Bonchev–Trinajstić information content (AvgIpc) is 2.99. The summed E-state index contributed by atoms with van der Waals surface area (Å²) in [6.07, 6.45) is -4.69. The van der Waals surface area contributed by atoms with Gasteiger partial charge in [-0.05, 0) is 24.3 Å². The molecule has 0 aliphatic rings. The highest BCUT2D eigenvalue weighted by Crippen LogP contribution is 2.33. The van der Waals surface area contributed by atoms with Crippen LogP contribution in [0.4, 0.5) is 18.9 Å². The Balaban J connectivity index is 2.08. The van der Waals surface area contributed by atoms with Crippen molar-refractivity contribution in [2.45, 2.75) is 32.4 Å². The highest BCUT2D eigenvalue weighted by molar-refractivity contribution is 6.31. The molecule has 6 nitrogen and oxygen atoms in total. The zero-order valence-corrected chi connectivity index (χ0v) is 15.9. The van der Waals surface area contributed by atoms with Gasteiger partial charge in [-0.2, -0.15) is 18.3 Å². The molecule has 2 N–H and O–H groups in total. The van der Waals surface area contributed by atoms with Gasteiger partial charge in [0, 0.05) is 16.5 Å². The van der Waals surface area contributed by atoms with Gasteiger partial charge in [0.05, 0.1) is 11.4 Å². The van der Waals surface area contributed by atoms with Crippen LogP contribution in [0.2, 0.25) is 5.02 Å². The predicted octanol–water partition coefficient (Wildman–Crippen LogP) is 4.66. The van der Waals surface area contributed by atoms with Gasteiger partial charge in [-0.25, -0.2) is 9.50 Å². The maximum absolute atomic E-state index is 13.5. The summed E-state index contributed by atoms with van der Waals surface area (Å²) in [6.45, 7) is 5.20. The molecular formula is C18H16ClF3N4O2. The minimum Gasteiger partial charge on any atom is -0.506 e. The number of aromatic hydroxyl groups is 1. The van der Waals surface area contributed by atoms with E-state index < -0.39 is 23.2 Å². The fourth-order valence-electron chi connectivity index (χ4n) is 2.47. The lowest BCUT2D eigenvalue weighted by molar-refractivity contribution is -0.142. The lowest BCUT2D eigenvalue weighted by Crippen LogP contribution is -2.20. The summed E-state index contributed by atoms with van der Waals surface area (Å²) in [7, 11) is 0. The van der Waals surface area contributed by atoms with Crippen LogP contribution in [-0.4, -0.2) is 25.6 Å². The molecule has 28 heavy (non-hydrogen) atoms. The van der Waals surface area contributed by atoms with Crippen molar-refractivity contribution in [3.05, 3.63) is 52.4 Å². The molecule has 0 bridgehead atoms. The molecule has 0 unspecified atom stereocenters. The number of halogens is 4. The van der Waals surface area contributed by atoms with E-state index in [2.05, 4.69) is 15.4 Å². The molecule has 3 aromatic rings. The Morgan fingerprint density at radius 1 is 1.18 bits per heavy atom. The molecule has 3 rings (SSSR count). The molecule has 1 amide bonds. The number of phenols is 1. The van der Waals surface area contributed by atoms with Crippen LogP contribution in [0.5, 0.6) is 5.75 Å². The molecule has 0 radical (unpaired) electrons. The monoisotopic (exact) mass is 412 g/mol. The maximum atomic E-state index is 13.5. The molecular weight excluding hydrogens is 397 g/mol. The van der Waals surface area contributed by atoms with Crippen molar-refractivity contribution in [2.24, 2.45) is 0 Å². The van der Waals surface area contributed by atoms with E-state index in [0.717, 1.165) is 12.1 Å². The molecule has 0 fully saturated rings. The van der Waals surface area contributed by atoms with Gasteiger partial charge in [0.25, 0.3) is 5.91 Å². The topological polar surface area (TPSA) is 79.5 Å². The van der Waals surface area contributed by atoms with Gasteiger partial charge in [0.1, 0.15) is 11.4 Å². The number of benzene rings is 1. The fraction of sp³-hybridized carbons (Fsp3) is 0.278. The number of anilines is 1. The van der Waals surface area contributed by atoms with Crippen molar-refractivity contribution in [2.75, 3.05) is 5.32 Å². The molecule has 1 aromatic carbocycles. The zero-order valence-electron chi connectivity index (χ0n) is 15.1. The number of hydrogen-bond acceptors (Lipinski definition) is 4. The molecule has 0 aliphatic carbocycles. The first-order valence-corrected chi connectivity index (χ1v) is 8.52. The van der Waals surface area contributed by atoms with E-state index in [9.17, 15) is 23.1 Å². The van der Waals surface area contributed by atoms with E-state index in [4.69, 9.17) is 11.6 Å². The van der Waals surface area contributed by atoms with Gasteiger partial charge in [-0.15, -0.1) is 0 Å². The Morgan fingerprint density at radius 3 is 2.46 bits per heavy atom. The first-order chi connectivity index (χ1) is 12.9. The maximum Gasteiger partial charge on any atom is 0.433 e. The Hall–Kier alpha value is -2.81. The lowest BCUT2D eigenvalue weighted by atomic mass is 9.91. The minimum atomic E-state index is -4.69. The predicted molar refractivity (Wildman–Crippen MR) is 97.8 cm³/mol. The Bertz CT molecular complexity index is 1070. The second-order valence-corrected chi connectivity index (χ2v) is 7.63. The number of aromatic nitrogens is 3. The van der Waals surface area contributed by atoms with E-state index in [0.29, 0.717) is 4.52 Å². The first kappa shape index (κ1) is 19.9. The number of rotatable bonds is 2. The van der Waals surface area contributed by atoms with Gasteiger partial charge in [0.2, 0.25) is 0 Å². The van der Waals surface area contributed by atoms with E-state index in [1.807, 2.05) is 0 Å². The third-order valence-electron chi connectivity index (χ3n) is 3.93. The van der Waals surface area contributed by atoms with Crippen molar-refractivity contribution in [1.82, 2.24) is 14.6 Å². The number of nitrogens with one attached hydrogen (secondary N) is 1. The van der Waals surface area contributed by atoms with E-state index in [-0.39, 0.29) is 33.5 Å². The second-order valence-electron chi connectivity index (χ2n) is 7.19. The number of nitrogens with zero attached hydrogens (tertiary/aromatic N) is 3. The average molecular weight is 413 g/mol. The number of phenolic OH excluding ortho intramolecular Hbond substituents is 1. The van der Waals surface area contributed by atoms with Crippen molar-refractivity contribution >= 4 is 28.8 Å². The SMILES string of the molecule is CC(C)(C)c1cc(C(F)(F)F)n2nc(C(=O)Nc3cc(Cl)ccc3O)cc2n1. The van der Waals surface area contributed by atoms with Crippen LogP contribution in [0.3, 0.4) is 0 Å². The van der Waals surface area contributed by atoms with E-state index in [1.165, 1.54) is 18.2 Å². The van der Waals surface area contributed by atoms with Crippen LogP contribution < -0.4 is 5.32 Å². The molecule has 0 aliphatic heterocycles. The molecule has 0 saturated carbocycles. The van der Waals surface area contributed by atoms with Crippen LogP contribution in [0, 0.1) is 0 Å². The zero-order chi connectivity index (χ0) is 20.9. The van der Waals surface area contributed by atoms with Crippen LogP contribution in [0.25, 0.3) is 5.65 Å². The number of carbonyl (C=O) groups excluding carboxylic acids is 1. The normalized spacial score (nSPS) is 12.4. The Morgan fingerprint density at radius 2 is 1.86 bits per heavy atom. The number of alkyl halides is 3. The van der Waals surface area contributed by atoms with Crippen molar-refractivity contribution in [3.8, 4) is 5.75 Å². The molecule has 2 aromatic heterocycles. The fourth-order valence-corrected chi connectivity index (χ4v) is 2.64. The summed E-state index contributed by atoms with van der Waals surface area (Å²) in [5, 5.41) is 16.2. The molecule has 148 valence electrons. The number of amides is 1. The van der Waals surface area contributed by atoms with Gasteiger partial charge >= 0.3 is 6.18 Å². The third-order valence-corrected chi connectivity index (χ3v) is 4.16. The van der Waals surface area contributed by atoms with Crippen molar-refractivity contribution < 1.29 is 23.1 Å². The summed E-state index contributed by atoms with van der Waals surface area (Å²) >= 11 is 5.82. The van der Waals surface area contributed by atoms with Crippen LogP contribution in [0.1, 0.15) is 42.6 Å². The molecule has 2 heterocycles. The summed E-state index contributed by atoms with van der Waals surface area (Å²) in [4.78, 5) is 16.7. The second kappa shape index (κ2) is 6.66. The van der Waals surface area contributed by atoms with Gasteiger partial charge in [-0.3, -0.25) is 4.79 Å². The summed E-state index contributed by atoms with van der Waals surface area (Å²) in [5.74, 6) is -1.06. The number of fused-ring (bicyclic) bond motifs is 1. The summed E-state index contributed by atoms with van der Waals surface area (Å²) in [6, 6.07) is 6.08. The van der Waals surface area contributed by atoms with E-state index >= 15 is 0 Å². The Kier molecular flexibility index (Phi) is 4.74. The van der Waals surface area contributed by atoms with Crippen LogP contribution in [-0.2, 0) is 11.6 Å². The van der Waals surface area contributed by atoms with Gasteiger partial charge in [-0.1, -0.05) is 32.4 Å². The summed E-state index contributed by atoms with van der Waals surface area (Å²) in [5.41, 5.74) is -1.85. The van der Waals surface area contributed by atoms with Crippen LogP contribution >= 0.6 is 11.6 Å². The molecule has 0 atom stereocenters. The smallest absolute Gasteiger partial charge is 0.433 e. The molecule has 0 spiro atoms. The van der Waals surface area contributed by atoms with Crippen molar-refractivity contribution in [3.63, 3.8) is 0 Å². The van der Waals surface area contributed by atoms with Crippen molar-refractivity contribution in [1.29, 1.82) is 0 Å². The molecule has 10 heteroatoms. The largest absolute Gasteiger partial charge is 0.506 e. The first-order valence-electron chi connectivity index (χ1n) is 8.14. The van der Waals surface area contributed by atoms with Gasteiger partial charge in [0.15, 0.2) is 11.3 Å². The summed E-state index contributed by atoms with van der Waals surface area (Å²) < 4.78 is 41.1. The van der Waals surface area contributed by atoms with Gasteiger partial charge < -0.3 is 10.4 Å². The Labute approximate surface area is 163 Å². The quantitative estimate of drug-likeness (QED) is 0.600. The van der Waals surface area contributed by atoms with Crippen LogP contribution in [0.15, 0.2) is 30.3 Å². The van der Waals surface area contributed by atoms with E-state index in [1.54, 1.807) is 20.8 Å². The minimum absolute atomic E-state index is 0.00828. The lowest BCUT2D eigenvalue weighted by Gasteiger charge is -2.19. The number of carbonyl (C=O) groups is 1.